The molecule has 170 valence electrons. The molecular weight excluding hydrogens is 428 g/mol. The molecule has 7 N–H and O–H groups in total. The van der Waals surface area contributed by atoms with Crippen molar-refractivity contribution in [2.75, 3.05) is 0 Å². The Labute approximate surface area is 179 Å². The number of phenolic OH excluding ortho intramolecular Hbond substituents is 4. The van der Waals surface area contributed by atoms with Gasteiger partial charge in [-0.1, -0.05) is 0 Å². The van der Waals surface area contributed by atoms with Gasteiger partial charge in [-0.25, -0.2) is 0 Å². The number of aromatic hydroxyl groups is 4. The van der Waals surface area contributed by atoms with Crippen LogP contribution in [-0.4, -0.2) is 66.5 Å². The molecule has 3 aromatic rings. The van der Waals surface area contributed by atoms with Crippen LogP contribution in [0, 0.1) is 0 Å². The highest BCUT2D eigenvalue weighted by atomic mass is 16.7. The Hall–Kier alpha value is -3.51. The van der Waals surface area contributed by atoms with Crippen molar-refractivity contribution in [3.05, 3.63) is 40.6 Å². The van der Waals surface area contributed by atoms with Crippen molar-refractivity contribution >= 4 is 11.0 Å². The summed E-state index contributed by atoms with van der Waals surface area (Å²) in [6.45, 7) is 1.44. The lowest BCUT2D eigenvalue weighted by molar-refractivity contribution is -0.268. The highest BCUT2D eigenvalue weighted by Gasteiger charge is 2.43. The lowest BCUT2D eigenvalue weighted by Gasteiger charge is -2.38. The van der Waals surface area contributed by atoms with Crippen LogP contribution in [0.3, 0.4) is 0 Å². The van der Waals surface area contributed by atoms with Crippen LogP contribution in [0.1, 0.15) is 6.92 Å². The number of fused-ring (bicyclic) bond motifs is 1. The molecule has 0 amide bonds. The van der Waals surface area contributed by atoms with E-state index in [4.69, 9.17) is 13.9 Å². The Morgan fingerprint density at radius 2 is 1.50 bits per heavy atom. The fourth-order valence-electron chi connectivity index (χ4n) is 3.48. The molecule has 4 rings (SSSR count). The number of phenols is 4. The van der Waals surface area contributed by atoms with E-state index in [9.17, 15) is 40.5 Å². The first-order valence-electron chi connectivity index (χ1n) is 9.49. The van der Waals surface area contributed by atoms with Crippen molar-refractivity contribution in [2.45, 2.75) is 37.6 Å². The normalized spacial score (nSPS) is 25.7. The quantitative estimate of drug-likeness (QED) is 0.295. The van der Waals surface area contributed by atoms with Crippen molar-refractivity contribution in [2.24, 2.45) is 0 Å². The third-order valence-corrected chi connectivity index (χ3v) is 5.17. The van der Waals surface area contributed by atoms with Gasteiger partial charge in [0.1, 0.15) is 46.5 Å². The molecule has 1 aliphatic rings. The second kappa shape index (κ2) is 7.88. The molecule has 0 aliphatic carbocycles. The zero-order valence-electron chi connectivity index (χ0n) is 16.5. The zero-order valence-corrected chi connectivity index (χ0v) is 16.5. The van der Waals surface area contributed by atoms with E-state index in [0.29, 0.717) is 0 Å². The second-order valence-electron chi connectivity index (χ2n) is 7.46. The molecule has 5 atom stereocenters. The van der Waals surface area contributed by atoms with Crippen LogP contribution in [-0.2, 0) is 4.74 Å². The molecule has 1 saturated heterocycles. The van der Waals surface area contributed by atoms with Gasteiger partial charge in [-0.3, -0.25) is 4.79 Å². The maximum Gasteiger partial charge on any atom is 0.229 e. The van der Waals surface area contributed by atoms with Gasteiger partial charge in [0.15, 0.2) is 16.9 Å². The average molecular weight is 448 g/mol. The third-order valence-electron chi connectivity index (χ3n) is 5.17. The lowest BCUT2D eigenvalue weighted by Crippen LogP contribution is -2.58. The molecule has 0 spiro atoms. The number of aliphatic hydroxyl groups excluding tert-OH is 3. The van der Waals surface area contributed by atoms with E-state index >= 15 is 0 Å². The molecule has 2 heterocycles. The highest BCUT2D eigenvalue weighted by Crippen LogP contribution is 2.42. The Kier molecular flexibility index (Phi) is 5.34. The molecular formula is C21H20O11. The van der Waals surface area contributed by atoms with Gasteiger partial charge >= 0.3 is 0 Å². The maximum atomic E-state index is 12.4. The van der Waals surface area contributed by atoms with Gasteiger partial charge in [0.2, 0.25) is 12.0 Å². The summed E-state index contributed by atoms with van der Waals surface area (Å²) in [4.78, 5) is 12.4. The Bertz CT molecular complexity index is 1210. The first kappa shape index (κ1) is 21.7. The van der Waals surface area contributed by atoms with E-state index in [0.717, 1.165) is 30.3 Å². The monoisotopic (exact) mass is 448 g/mol. The molecule has 1 aliphatic heterocycles. The SMILES string of the molecule is CC1OC(Oc2c(O)cc(-c3cc(=O)c4c(O)cc(O)cc4o3)cc2O)C(O)C(O)C1O. The third kappa shape index (κ3) is 3.67. The second-order valence-corrected chi connectivity index (χ2v) is 7.46. The molecule has 1 aromatic heterocycles. The molecule has 11 nitrogen and oxygen atoms in total. The van der Waals surface area contributed by atoms with E-state index < -0.39 is 59.1 Å². The predicted octanol–water partition coefficient (Wildman–Crippen LogP) is 0.489. The van der Waals surface area contributed by atoms with Crippen molar-refractivity contribution in [1.29, 1.82) is 0 Å². The summed E-state index contributed by atoms with van der Waals surface area (Å²) < 4.78 is 16.2. The van der Waals surface area contributed by atoms with Crippen molar-refractivity contribution in [3.8, 4) is 40.1 Å². The minimum absolute atomic E-state index is 0.0584. The number of aliphatic hydroxyl groups is 3. The van der Waals surface area contributed by atoms with E-state index in [1.807, 2.05) is 0 Å². The first-order chi connectivity index (χ1) is 15.1. The number of benzene rings is 2. The maximum absolute atomic E-state index is 12.4. The summed E-state index contributed by atoms with van der Waals surface area (Å²) in [5.41, 5.74) is -0.689. The van der Waals surface area contributed by atoms with Crippen LogP contribution in [0.25, 0.3) is 22.3 Å². The zero-order chi connectivity index (χ0) is 23.3. The smallest absolute Gasteiger partial charge is 0.229 e. The summed E-state index contributed by atoms with van der Waals surface area (Å²) in [5.74, 6) is -2.59. The fraction of sp³-hybridized carbons (Fsp3) is 0.286. The molecule has 0 radical (unpaired) electrons. The summed E-state index contributed by atoms with van der Waals surface area (Å²) >= 11 is 0. The average Bonchev–Trinajstić information content (AvgIpc) is 2.71. The molecule has 5 unspecified atom stereocenters. The van der Waals surface area contributed by atoms with Gasteiger partial charge in [-0.05, 0) is 19.1 Å². The van der Waals surface area contributed by atoms with Gasteiger partial charge < -0.3 is 49.6 Å². The predicted molar refractivity (Wildman–Crippen MR) is 108 cm³/mol. The number of ether oxygens (including phenoxy) is 2. The molecule has 32 heavy (non-hydrogen) atoms. The first-order valence-corrected chi connectivity index (χ1v) is 9.49. The van der Waals surface area contributed by atoms with E-state index in [-0.39, 0.29) is 28.0 Å². The Morgan fingerprint density at radius 3 is 2.16 bits per heavy atom. The minimum atomic E-state index is -1.67. The molecule has 0 bridgehead atoms. The van der Waals surface area contributed by atoms with Gasteiger partial charge in [0.25, 0.3) is 0 Å². The van der Waals surface area contributed by atoms with Gasteiger partial charge in [0.05, 0.1) is 6.10 Å². The standard InChI is InChI=1S/C21H20O11/c1-7-17(27)18(28)19(29)21(30-7)32-20-12(25)2-8(3-13(20)26)14-6-11(24)16-10(23)4-9(22)5-15(16)31-14/h2-7,17-19,21-23,25-29H,1H3. The van der Waals surface area contributed by atoms with Crippen LogP contribution in [0.5, 0.6) is 28.7 Å². The van der Waals surface area contributed by atoms with Crippen molar-refractivity contribution in [3.63, 3.8) is 0 Å². The van der Waals surface area contributed by atoms with E-state index in [1.54, 1.807) is 0 Å². The van der Waals surface area contributed by atoms with Crippen LogP contribution in [0.2, 0.25) is 0 Å². The van der Waals surface area contributed by atoms with E-state index in [1.165, 1.54) is 6.92 Å². The van der Waals surface area contributed by atoms with Gasteiger partial charge in [-0.15, -0.1) is 0 Å². The molecule has 0 saturated carbocycles. The number of hydrogen-bond donors (Lipinski definition) is 7. The lowest BCUT2D eigenvalue weighted by atomic mass is 10.00. The van der Waals surface area contributed by atoms with Crippen LogP contribution >= 0.6 is 0 Å². The number of rotatable bonds is 3. The largest absolute Gasteiger partial charge is 0.508 e. The topological polar surface area (TPSA) is 190 Å². The van der Waals surface area contributed by atoms with Gasteiger partial charge in [0, 0.05) is 23.8 Å². The molecule has 11 heteroatoms. The van der Waals surface area contributed by atoms with Gasteiger partial charge in [-0.2, -0.15) is 0 Å². The summed E-state index contributed by atoms with van der Waals surface area (Å²) in [7, 11) is 0. The fourth-order valence-corrected chi connectivity index (χ4v) is 3.48. The summed E-state index contributed by atoms with van der Waals surface area (Å²) in [5, 5.41) is 69.8. The Balaban J connectivity index is 1.70. The van der Waals surface area contributed by atoms with Crippen LogP contribution in [0.15, 0.2) is 39.5 Å². The molecule has 2 aromatic carbocycles. The van der Waals surface area contributed by atoms with Crippen LogP contribution < -0.4 is 10.2 Å². The van der Waals surface area contributed by atoms with Crippen molar-refractivity contribution in [1.82, 2.24) is 0 Å². The summed E-state index contributed by atoms with van der Waals surface area (Å²) in [6, 6.07) is 5.35. The van der Waals surface area contributed by atoms with Crippen molar-refractivity contribution < 1.29 is 49.6 Å². The highest BCUT2D eigenvalue weighted by molar-refractivity contribution is 5.86. The minimum Gasteiger partial charge on any atom is -0.508 e. The Morgan fingerprint density at radius 1 is 0.844 bits per heavy atom. The number of hydrogen-bond acceptors (Lipinski definition) is 11. The van der Waals surface area contributed by atoms with E-state index in [2.05, 4.69) is 0 Å². The summed E-state index contributed by atoms with van der Waals surface area (Å²) in [6.07, 6.45) is -7.01. The molecule has 1 fully saturated rings. The van der Waals surface area contributed by atoms with Crippen LogP contribution in [0.4, 0.5) is 0 Å².